The second-order valence-electron chi connectivity index (χ2n) is 14.6. The smallest absolute Gasteiger partial charge is 0.165 e. The topological polar surface area (TPSA) is 56.5 Å². The highest BCUT2D eigenvalue weighted by atomic mass is 32.1. The number of para-hydroxylation sites is 3. The van der Waals surface area contributed by atoms with E-state index in [2.05, 4.69) is 162 Å². The van der Waals surface area contributed by atoms with Crippen LogP contribution in [0.15, 0.2) is 188 Å². The maximum absolute atomic E-state index is 5.28. The Hall–Kier alpha value is -7.32. The molecule has 276 valence electrons. The molecule has 0 fully saturated rings. The molecule has 0 saturated carbocycles. The molecule has 4 aromatic heterocycles. The number of benzene rings is 8. The lowest BCUT2D eigenvalue weighted by Gasteiger charge is -2.10. The quantitative estimate of drug-likeness (QED) is 0.168. The van der Waals surface area contributed by atoms with Crippen LogP contribution in [-0.4, -0.2) is 24.5 Å². The van der Waals surface area contributed by atoms with Crippen LogP contribution in [-0.2, 0) is 0 Å². The van der Waals surface area contributed by atoms with Gasteiger partial charge in [0.2, 0.25) is 0 Å². The second kappa shape index (κ2) is 13.7. The largest absolute Gasteiger partial charge is 0.292 e. The van der Waals surface area contributed by atoms with Gasteiger partial charge < -0.3 is 0 Å². The van der Waals surface area contributed by atoms with Crippen LogP contribution in [0.1, 0.15) is 0 Å². The molecule has 0 spiro atoms. The summed E-state index contributed by atoms with van der Waals surface area (Å²) in [6.07, 6.45) is 0. The Bertz CT molecular complexity index is 3550. The third-order valence-corrected chi connectivity index (χ3v) is 13.5. The fourth-order valence-electron chi connectivity index (χ4n) is 8.32. The molecule has 0 amide bonds. The molecule has 4 heterocycles. The molecule has 7 heteroatoms. The van der Waals surface area contributed by atoms with Gasteiger partial charge in [0, 0.05) is 68.3 Å². The van der Waals surface area contributed by atoms with E-state index in [4.69, 9.17) is 19.9 Å². The van der Waals surface area contributed by atoms with E-state index in [9.17, 15) is 0 Å². The number of hydrogen-bond donors (Lipinski definition) is 0. The van der Waals surface area contributed by atoms with Gasteiger partial charge >= 0.3 is 0 Å². The van der Waals surface area contributed by atoms with Gasteiger partial charge in [-0.2, -0.15) is 0 Å². The van der Waals surface area contributed by atoms with E-state index in [1.54, 1.807) is 22.7 Å². The van der Waals surface area contributed by atoms with Crippen molar-refractivity contribution in [3.8, 4) is 62.4 Å². The molecule has 59 heavy (non-hydrogen) atoms. The number of hydrogen-bond acceptors (Lipinski definition) is 6. The minimum absolute atomic E-state index is 0.658. The van der Waals surface area contributed by atoms with Gasteiger partial charge in [-0.1, -0.05) is 133 Å². The second-order valence-corrected chi connectivity index (χ2v) is 16.8. The van der Waals surface area contributed by atoms with E-state index in [1.807, 2.05) is 30.3 Å². The van der Waals surface area contributed by atoms with Gasteiger partial charge in [-0.15, -0.1) is 22.7 Å². The van der Waals surface area contributed by atoms with Crippen molar-refractivity contribution in [1.29, 1.82) is 0 Å². The molecule has 0 aliphatic heterocycles. The summed E-state index contributed by atoms with van der Waals surface area (Å²) in [5, 5.41) is 4.80. The first-order chi connectivity index (χ1) is 29.2. The van der Waals surface area contributed by atoms with Crippen molar-refractivity contribution < 1.29 is 0 Å². The van der Waals surface area contributed by atoms with Crippen LogP contribution in [0.2, 0.25) is 0 Å². The molecule has 5 nitrogen and oxygen atoms in total. The summed E-state index contributed by atoms with van der Waals surface area (Å²) in [5.74, 6) is 2.92. The number of nitrogens with zero attached hydrogens (tertiary/aromatic N) is 5. The summed E-state index contributed by atoms with van der Waals surface area (Å²) in [4.78, 5) is 20.7. The minimum atomic E-state index is 0.658. The first-order valence-electron chi connectivity index (χ1n) is 19.5. The van der Waals surface area contributed by atoms with Crippen LogP contribution < -0.4 is 0 Å². The van der Waals surface area contributed by atoms with Crippen LogP contribution in [0, 0.1) is 0 Å². The Kier molecular flexibility index (Phi) is 7.82. The number of imidazole rings is 1. The van der Waals surface area contributed by atoms with Gasteiger partial charge in [-0.25, -0.2) is 19.9 Å². The predicted molar refractivity (Wildman–Crippen MR) is 247 cm³/mol. The zero-order valence-corrected chi connectivity index (χ0v) is 33.1. The Morgan fingerprint density at radius 2 is 1.00 bits per heavy atom. The maximum atomic E-state index is 5.28. The Morgan fingerprint density at radius 3 is 1.86 bits per heavy atom. The van der Waals surface area contributed by atoms with Gasteiger partial charge in [-0.05, 0) is 65.7 Å². The highest BCUT2D eigenvalue weighted by molar-refractivity contribution is 7.26. The molecule has 0 unspecified atom stereocenters. The molecule has 12 aromatic rings. The number of fused-ring (bicyclic) bond motifs is 7. The molecule has 0 aliphatic carbocycles. The monoisotopic (exact) mass is 789 g/mol. The van der Waals surface area contributed by atoms with E-state index in [0.717, 1.165) is 60.6 Å². The summed E-state index contributed by atoms with van der Waals surface area (Å²) in [5.41, 5.74) is 9.50. The molecular formula is C52H31N5S2. The standard InChI is InChI=1S/C52H31N5S2/c1-3-13-33(14-4-1)49-54-50(39-19-12-24-46-47(39)38-17-7-10-23-44(38)58-46)56-51(55-49)40-20-11-18-37-41-31-35(29-30-45(41)59-48(37)40)32-25-27-34(28-26-32)52-53-42-21-8-9-22-43(42)57(52)36-15-5-2-6-16-36/h1-31H. The van der Waals surface area contributed by atoms with Gasteiger partial charge in [-0.3, -0.25) is 4.57 Å². The van der Waals surface area contributed by atoms with Crippen LogP contribution in [0.25, 0.3) is 114 Å². The lowest BCUT2D eigenvalue weighted by atomic mass is 10.0. The number of thiophene rings is 2. The summed E-state index contributed by atoms with van der Waals surface area (Å²) in [6.45, 7) is 0. The van der Waals surface area contributed by atoms with Crippen molar-refractivity contribution in [2.24, 2.45) is 0 Å². The van der Waals surface area contributed by atoms with Crippen molar-refractivity contribution in [3.05, 3.63) is 188 Å². The van der Waals surface area contributed by atoms with Crippen LogP contribution >= 0.6 is 22.7 Å². The SMILES string of the molecule is c1ccc(-c2nc(-c3cccc4c3sc3ccc(-c5ccc(-c6nc7ccccc7n6-c6ccccc6)cc5)cc34)nc(-c3cccc4sc5ccccc5c34)n2)cc1. The Morgan fingerprint density at radius 1 is 0.373 bits per heavy atom. The van der Waals surface area contributed by atoms with Crippen molar-refractivity contribution in [2.75, 3.05) is 0 Å². The Labute approximate surface area is 347 Å². The predicted octanol–water partition coefficient (Wildman–Crippen LogP) is 14.3. The van der Waals surface area contributed by atoms with E-state index in [1.165, 1.54) is 35.6 Å². The fraction of sp³-hybridized carbons (Fsp3) is 0. The average Bonchev–Trinajstić information content (AvgIpc) is 4.01. The van der Waals surface area contributed by atoms with Crippen molar-refractivity contribution >= 4 is 74.1 Å². The van der Waals surface area contributed by atoms with Crippen molar-refractivity contribution in [3.63, 3.8) is 0 Å². The lowest BCUT2D eigenvalue weighted by Crippen LogP contribution is -2.00. The van der Waals surface area contributed by atoms with Crippen LogP contribution in [0.3, 0.4) is 0 Å². The van der Waals surface area contributed by atoms with E-state index in [0.29, 0.717) is 17.5 Å². The minimum Gasteiger partial charge on any atom is -0.292 e. The molecule has 0 aliphatic rings. The highest BCUT2D eigenvalue weighted by Gasteiger charge is 2.20. The van der Waals surface area contributed by atoms with Crippen LogP contribution in [0.5, 0.6) is 0 Å². The first kappa shape index (κ1) is 33.8. The average molecular weight is 790 g/mol. The number of rotatable bonds is 6. The van der Waals surface area contributed by atoms with E-state index in [-0.39, 0.29) is 0 Å². The summed E-state index contributed by atoms with van der Waals surface area (Å²) in [7, 11) is 0. The molecule has 0 saturated heterocycles. The van der Waals surface area contributed by atoms with Gasteiger partial charge in [0.1, 0.15) is 5.82 Å². The Balaban J connectivity index is 0.969. The van der Waals surface area contributed by atoms with Crippen molar-refractivity contribution in [2.45, 2.75) is 0 Å². The molecule has 12 rings (SSSR count). The van der Waals surface area contributed by atoms with Crippen LogP contribution in [0.4, 0.5) is 0 Å². The summed E-state index contributed by atoms with van der Waals surface area (Å²) < 4.78 is 7.09. The van der Waals surface area contributed by atoms with E-state index >= 15 is 0 Å². The van der Waals surface area contributed by atoms with Gasteiger partial charge in [0.05, 0.1) is 11.0 Å². The summed E-state index contributed by atoms with van der Waals surface area (Å²) >= 11 is 3.59. The summed E-state index contributed by atoms with van der Waals surface area (Å²) in [6, 6.07) is 66.1. The molecule has 0 atom stereocenters. The fourth-order valence-corrected chi connectivity index (χ4v) is 10.6. The third-order valence-electron chi connectivity index (χ3n) is 11.1. The lowest BCUT2D eigenvalue weighted by molar-refractivity contribution is 1.08. The molecule has 8 aromatic carbocycles. The normalized spacial score (nSPS) is 11.7. The van der Waals surface area contributed by atoms with Gasteiger partial charge in [0.15, 0.2) is 17.5 Å². The zero-order valence-electron chi connectivity index (χ0n) is 31.5. The maximum Gasteiger partial charge on any atom is 0.165 e. The number of aromatic nitrogens is 5. The first-order valence-corrected chi connectivity index (χ1v) is 21.2. The van der Waals surface area contributed by atoms with E-state index < -0.39 is 0 Å². The highest BCUT2D eigenvalue weighted by Crippen LogP contribution is 2.43. The zero-order chi connectivity index (χ0) is 38.9. The van der Waals surface area contributed by atoms with Crippen molar-refractivity contribution in [1.82, 2.24) is 24.5 Å². The molecule has 0 bridgehead atoms. The molecule has 0 radical (unpaired) electrons. The molecular weight excluding hydrogens is 759 g/mol. The molecule has 0 N–H and O–H groups in total. The van der Waals surface area contributed by atoms with Gasteiger partial charge in [0.25, 0.3) is 0 Å². The third kappa shape index (κ3) is 5.66.